The van der Waals surface area contributed by atoms with Crippen molar-refractivity contribution in [2.24, 2.45) is 0 Å². The van der Waals surface area contributed by atoms with Gasteiger partial charge in [0.15, 0.2) is 6.54 Å². The molecule has 0 unspecified atom stereocenters. The van der Waals surface area contributed by atoms with Gasteiger partial charge in [0.05, 0.1) is 0 Å². The molecule has 0 fully saturated rings. The fourth-order valence-electron chi connectivity index (χ4n) is 1.20. The van der Waals surface area contributed by atoms with Gasteiger partial charge < -0.3 is 4.74 Å². The summed E-state index contributed by atoms with van der Waals surface area (Å²) in [6, 6.07) is 0. The molecule has 0 N–H and O–H groups in total. The number of ether oxygens (including phenoxy) is 1. The molecule has 0 spiro atoms. The van der Waals surface area contributed by atoms with E-state index in [0.29, 0.717) is 0 Å². The van der Waals surface area contributed by atoms with Gasteiger partial charge in [-0.2, -0.15) is 4.79 Å². The molecule has 0 aromatic carbocycles. The van der Waals surface area contributed by atoms with E-state index in [4.69, 9.17) is 4.74 Å². The van der Waals surface area contributed by atoms with E-state index < -0.39 is 5.60 Å². The Morgan fingerprint density at radius 3 is 2.73 bits per heavy atom. The van der Waals surface area contributed by atoms with Crippen molar-refractivity contribution in [2.45, 2.75) is 32.8 Å². The van der Waals surface area contributed by atoms with Gasteiger partial charge in [0.1, 0.15) is 5.60 Å². The van der Waals surface area contributed by atoms with Crippen LogP contribution in [0.1, 0.15) is 27.2 Å². The van der Waals surface area contributed by atoms with Gasteiger partial charge in [-0.25, -0.2) is 0 Å². The van der Waals surface area contributed by atoms with Gasteiger partial charge in [-0.1, -0.05) is 11.8 Å². The summed E-state index contributed by atoms with van der Waals surface area (Å²) in [4.78, 5) is 11.8. The van der Waals surface area contributed by atoms with E-state index in [2.05, 4.69) is 0 Å². The number of thioether (sulfide) groups is 2. The summed E-state index contributed by atoms with van der Waals surface area (Å²) in [6.45, 7) is 6.44. The fraction of sp³-hybridized carbons (Fsp3) is 0.800. The van der Waals surface area contributed by atoms with Crippen LogP contribution in [0.25, 0.3) is 0 Å². The molecule has 1 aliphatic rings. The third-order valence-electron chi connectivity index (χ3n) is 1.76. The summed E-state index contributed by atoms with van der Waals surface area (Å²) in [7, 11) is 0. The zero-order valence-corrected chi connectivity index (χ0v) is 11.3. The number of carbonyl (C=O) groups is 1. The van der Waals surface area contributed by atoms with Gasteiger partial charge in [0.2, 0.25) is 0 Å². The van der Waals surface area contributed by atoms with Crippen molar-refractivity contribution in [1.29, 1.82) is 0 Å². The number of carbonyl (C=O) groups excluding carboxylic acids is 1. The van der Waals surface area contributed by atoms with E-state index >= 15 is 0 Å². The van der Waals surface area contributed by atoms with Crippen LogP contribution in [0.5, 0.6) is 0 Å². The molecule has 0 aromatic rings. The average molecular weight is 248 g/mol. The highest BCUT2D eigenvalue weighted by atomic mass is 32.2. The number of rotatable bonds is 0. The quantitative estimate of drug-likeness (QED) is 0.617. The fourth-order valence-corrected chi connectivity index (χ4v) is 3.08. The van der Waals surface area contributed by atoms with Crippen LogP contribution in [0, 0.1) is 0 Å². The van der Waals surface area contributed by atoms with Crippen LogP contribution < -0.4 is 0 Å². The normalized spacial score (nSPS) is 17.9. The third-order valence-corrected chi connectivity index (χ3v) is 4.14. The van der Waals surface area contributed by atoms with Crippen molar-refractivity contribution in [3.63, 3.8) is 0 Å². The summed E-state index contributed by atoms with van der Waals surface area (Å²) >= 11 is 3.34. The Hall–Kier alpha value is -0.160. The van der Waals surface area contributed by atoms with Crippen molar-refractivity contribution >= 4 is 34.0 Å². The van der Waals surface area contributed by atoms with Crippen LogP contribution in [0.15, 0.2) is 0 Å². The first-order chi connectivity index (χ1) is 6.94. The minimum Gasteiger partial charge on any atom is -0.406 e. The van der Waals surface area contributed by atoms with Crippen LogP contribution in [0.4, 0.5) is 4.79 Å². The zero-order valence-electron chi connectivity index (χ0n) is 9.70. The largest absolute Gasteiger partial charge is 0.598 e. The third kappa shape index (κ3) is 4.07. The number of nitrogens with zero attached hydrogens (tertiary/aromatic N) is 1. The molecule has 86 valence electrons. The topological polar surface area (TPSA) is 29.3 Å². The lowest BCUT2D eigenvalue weighted by atomic mass is 10.2. The molecule has 0 radical (unpaired) electrons. The number of amides is 1. The Morgan fingerprint density at radius 1 is 1.53 bits per heavy atom. The molecule has 3 nitrogen and oxygen atoms in total. The molecule has 0 atom stereocenters. The van der Waals surface area contributed by atoms with Crippen molar-refractivity contribution in [1.82, 2.24) is 0 Å². The Labute approximate surface area is 99.6 Å². The maximum absolute atomic E-state index is 11.8. The van der Waals surface area contributed by atoms with Crippen molar-refractivity contribution in [2.75, 3.05) is 18.6 Å². The highest BCUT2D eigenvalue weighted by molar-refractivity contribution is 8.38. The van der Waals surface area contributed by atoms with Crippen LogP contribution in [0.2, 0.25) is 0 Å². The molecule has 0 aromatic heterocycles. The second-order valence-corrected chi connectivity index (χ2v) is 6.44. The van der Waals surface area contributed by atoms with E-state index in [0.717, 1.165) is 23.1 Å². The van der Waals surface area contributed by atoms with E-state index in [1.807, 2.05) is 27.0 Å². The van der Waals surface area contributed by atoms with Crippen molar-refractivity contribution in [3.8, 4) is 0 Å². The van der Waals surface area contributed by atoms with Gasteiger partial charge in [-0.15, -0.1) is 4.58 Å². The SMILES string of the molecule is CSC1=[N+](C(=O)OC(C)(C)C)CCCS1. The monoisotopic (exact) mass is 248 g/mol. The second kappa shape index (κ2) is 5.25. The second-order valence-electron chi connectivity index (χ2n) is 4.30. The van der Waals surface area contributed by atoms with Crippen LogP contribution in [-0.2, 0) is 4.74 Å². The predicted molar refractivity (Wildman–Crippen MR) is 67.0 cm³/mol. The number of hydrogen-bond acceptors (Lipinski definition) is 4. The summed E-state index contributed by atoms with van der Waals surface area (Å²) < 4.78 is 8.14. The first-order valence-corrected chi connectivity index (χ1v) is 7.19. The average Bonchev–Trinajstić information content (AvgIpc) is 2.15. The molecule has 0 saturated heterocycles. The zero-order chi connectivity index (χ0) is 11.5. The molecule has 1 amide bonds. The van der Waals surface area contributed by atoms with Gasteiger partial charge >= 0.3 is 6.09 Å². The van der Waals surface area contributed by atoms with Crippen LogP contribution in [0.3, 0.4) is 0 Å². The number of hydrogen-bond donors (Lipinski definition) is 0. The first kappa shape index (κ1) is 12.9. The summed E-state index contributed by atoms with van der Waals surface area (Å²) in [6.07, 6.45) is 2.80. The Morgan fingerprint density at radius 2 is 2.20 bits per heavy atom. The van der Waals surface area contributed by atoms with E-state index in [9.17, 15) is 4.79 Å². The smallest absolute Gasteiger partial charge is 0.406 e. The molecule has 0 bridgehead atoms. The minimum atomic E-state index is -0.414. The Kier molecular flexibility index (Phi) is 4.52. The maximum atomic E-state index is 11.8. The lowest BCUT2D eigenvalue weighted by Crippen LogP contribution is -2.35. The van der Waals surface area contributed by atoms with Crippen molar-refractivity contribution in [3.05, 3.63) is 0 Å². The van der Waals surface area contributed by atoms with Gasteiger partial charge in [-0.3, -0.25) is 0 Å². The minimum absolute atomic E-state index is 0.223. The summed E-state index contributed by atoms with van der Waals surface area (Å²) in [5, 5.41) is 0. The van der Waals surface area contributed by atoms with Crippen LogP contribution >= 0.6 is 23.5 Å². The van der Waals surface area contributed by atoms with Gasteiger partial charge in [0.25, 0.3) is 4.38 Å². The highest BCUT2D eigenvalue weighted by Gasteiger charge is 2.32. The predicted octanol–water partition coefficient (Wildman–Crippen LogP) is 2.79. The molecular formula is C10H18NO2S2+. The van der Waals surface area contributed by atoms with Gasteiger partial charge in [-0.05, 0) is 38.8 Å². The summed E-state index contributed by atoms with van der Waals surface area (Å²) in [5.41, 5.74) is -0.414. The maximum Gasteiger partial charge on any atom is 0.598 e. The standard InChI is InChI=1S/C10H18NO2S2/c1-10(2,3)13-8(12)11-6-5-7-15-9(11)14-4/h5-7H2,1-4H3/q+1. The van der Waals surface area contributed by atoms with E-state index in [1.165, 1.54) is 0 Å². The highest BCUT2D eigenvalue weighted by Crippen LogP contribution is 2.21. The van der Waals surface area contributed by atoms with Crippen LogP contribution in [-0.4, -0.2) is 39.2 Å². The molecule has 1 heterocycles. The molecule has 15 heavy (non-hydrogen) atoms. The molecule has 0 saturated carbocycles. The first-order valence-electron chi connectivity index (χ1n) is 4.98. The van der Waals surface area contributed by atoms with E-state index in [-0.39, 0.29) is 6.09 Å². The van der Waals surface area contributed by atoms with E-state index in [1.54, 1.807) is 28.1 Å². The molecule has 5 heteroatoms. The molecule has 1 rings (SSSR count). The Bertz CT molecular complexity index is 282. The molecular weight excluding hydrogens is 230 g/mol. The van der Waals surface area contributed by atoms with Gasteiger partial charge in [0, 0.05) is 12.2 Å². The lowest BCUT2D eigenvalue weighted by molar-refractivity contribution is -0.446. The molecule has 1 aliphatic heterocycles. The Balaban J connectivity index is 2.76. The van der Waals surface area contributed by atoms with Crippen molar-refractivity contribution < 1.29 is 14.1 Å². The molecule has 0 aliphatic carbocycles. The summed E-state index contributed by atoms with van der Waals surface area (Å²) in [5.74, 6) is 1.09. The lowest BCUT2D eigenvalue weighted by Gasteiger charge is -2.18.